The molecule has 2 aromatic heterocycles. The molecule has 13 heteroatoms. The molecule has 1 aromatic carbocycles. The first kappa shape index (κ1) is 21.2. The third kappa shape index (κ3) is 5.30. The number of nitrogens with zero attached hydrogens (tertiary/aromatic N) is 3. The Morgan fingerprint density at radius 1 is 1.37 bits per heavy atom. The van der Waals surface area contributed by atoms with Crippen LogP contribution in [0.2, 0.25) is 5.02 Å². The number of rotatable bonds is 8. The minimum Gasteiger partial charge on any atom is -0.456 e. The van der Waals surface area contributed by atoms with Gasteiger partial charge in [-0.2, -0.15) is 4.68 Å². The van der Waals surface area contributed by atoms with Crippen LogP contribution in [0.3, 0.4) is 0 Å². The number of esters is 1. The predicted octanol–water partition coefficient (Wildman–Crippen LogP) is 2.70. The van der Waals surface area contributed by atoms with Gasteiger partial charge in [-0.3, -0.25) is 19.7 Å². The Bertz CT molecular complexity index is 1140. The van der Waals surface area contributed by atoms with Crippen molar-refractivity contribution < 1.29 is 23.7 Å². The van der Waals surface area contributed by atoms with Crippen molar-refractivity contribution in [2.24, 2.45) is 0 Å². The van der Waals surface area contributed by atoms with Crippen LogP contribution in [0.4, 0.5) is 11.4 Å². The maximum Gasteiger partial charge on any atom is 0.437 e. The van der Waals surface area contributed by atoms with Crippen LogP contribution in [-0.4, -0.2) is 33.2 Å². The number of carbonyl (C=O) groups is 2. The van der Waals surface area contributed by atoms with Gasteiger partial charge in [-0.15, -0.1) is 16.4 Å². The van der Waals surface area contributed by atoms with Crippen molar-refractivity contribution in [1.82, 2.24) is 9.78 Å². The summed E-state index contributed by atoms with van der Waals surface area (Å²) in [6.07, 6.45) is -0.231. The number of amides is 1. The van der Waals surface area contributed by atoms with E-state index in [1.54, 1.807) is 17.5 Å². The Morgan fingerprint density at radius 2 is 2.17 bits per heavy atom. The van der Waals surface area contributed by atoms with Gasteiger partial charge in [0, 0.05) is 11.1 Å². The van der Waals surface area contributed by atoms with E-state index in [9.17, 15) is 24.5 Å². The Hall–Kier alpha value is -3.51. The van der Waals surface area contributed by atoms with E-state index in [1.807, 2.05) is 0 Å². The van der Waals surface area contributed by atoms with Crippen LogP contribution in [0.25, 0.3) is 10.8 Å². The summed E-state index contributed by atoms with van der Waals surface area (Å²) in [6.45, 7) is -0.760. The lowest BCUT2D eigenvalue weighted by Crippen LogP contribution is -2.23. The molecule has 0 spiro atoms. The first-order chi connectivity index (χ1) is 14.3. The van der Waals surface area contributed by atoms with E-state index in [0.717, 1.165) is 10.7 Å². The Morgan fingerprint density at radius 3 is 2.87 bits per heavy atom. The number of ether oxygens (including phenoxy) is 1. The fraction of sp³-hybridized carbons (Fsp3) is 0.176. The highest BCUT2D eigenvalue weighted by molar-refractivity contribution is 7.13. The van der Waals surface area contributed by atoms with E-state index in [-0.39, 0.29) is 29.6 Å². The molecule has 30 heavy (non-hydrogen) atoms. The van der Waals surface area contributed by atoms with Gasteiger partial charge in [0.1, 0.15) is 5.69 Å². The lowest BCUT2D eigenvalue weighted by Gasteiger charge is -2.07. The average molecular weight is 453 g/mol. The lowest BCUT2D eigenvalue weighted by molar-refractivity contribution is -0.383. The molecule has 1 N–H and O–H groups in total. The molecule has 156 valence electrons. The smallest absolute Gasteiger partial charge is 0.437 e. The second kappa shape index (κ2) is 9.33. The van der Waals surface area contributed by atoms with Crippen molar-refractivity contribution in [2.75, 3.05) is 11.9 Å². The molecule has 11 nitrogen and oxygen atoms in total. The number of aromatic nitrogens is 2. The summed E-state index contributed by atoms with van der Waals surface area (Å²) in [4.78, 5) is 46.5. The van der Waals surface area contributed by atoms with Gasteiger partial charge in [0.15, 0.2) is 6.61 Å². The zero-order valence-electron chi connectivity index (χ0n) is 15.1. The minimum atomic E-state index is -0.771. The number of benzene rings is 1. The standard InChI is InChI=1S/C17H13ClN4O7S/c18-10-3-4-11(12(8-10)22(26)27)19-14(23)9-28-15(24)5-6-21-17(25)29-16(20-21)13-2-1-7-30-13/h1-4,7-8H,5-6,9H2,(H,19,23). The Labute approximate surface area is 177 Å². The van der Waals surface area contributed by atoms with Crippen LogP contribution < -0.4 is 11.1 Å². The molecule has 0 radical (unpaired) electrons. The number of nitro benzene ring substituents is 1. The number of halogens is 1. The van der Waals surface area contributed by atoms with Gasteiger partial charge >= 0.3 is 11.7 Å². The summed E-state index contributed by atoms with van der Waals surface area (Å²) in [7, 11) is 0. The van der Waals surface area contributed by atoms with E-state index < -0.39 is 34.9 Å². The quantitative estimate of drug-likeness (QED) is 0.311. The second-order valence-electron chi connectivity index (χ2n) is 5.75. The second-order valence-corrected chi connectivity index (χ2v) is 7.14. The van der Waals surface area contributed by atoms with Crippen molar-refractivity contribution in [2.45, 2.75) is 13.0 Å². The Balaban J connectivity index is 1.50. The van der Waals surface area contributed by atoms with Crippen LogP contribution in [-0.2, 0) is 20.9 Å². The highest BCUT2D eigenvalue weighted by atomic mass is 35.5. The zero-order valence-corrected chi connectivity index (χ0v) is 16.6. The molecule has 0 unspecified atom stereocenters. The fourth-order valence-corrected chi connectivity index (χ4v) is 3.12. The van der Waals surface area contributed by atoms with E-state index in [1.165, 1.54) is 23.5 Å². The van der Waals surface area contributed by atoms with Gasteiger partial charge in [0.05, 0.1) is 22.8 Å². The number of hydrogen-bond acceptors (Lipinski definition) is 9. The third-order valence-electron chi connectivity index (χ3n) is 3.66. The molecule has 0 aliphatic rings. The largest absolute Gasteiger partial charge is 0.456 e. The molecule has 0 saturated heterocycles. The molecular weight excluding hydrogens is 440 g/mol. The highest BCUT2D eigenvalue weighted by Crippen LogP contribution is 2.27. The van der Waals surface area contributed by atoms with Gasteiger partial charge < -0.3 is 14.5 Å². The van der Waals surface area contributed by atoms with Crippen LogP contribution in [0.15, 0.2) is 44.9 Å². The van der Waals surface area contributed by atoms with Gasteiger partial charge in [0.25, 0.3) is 17.5 Å². The summed E-state index contributed by atoms with van der Waals surface area (Å²) < 4.78 is 10.8. The number of anilines is 1. The Kier molecular flexibility index (Phi) is 6.59. The van der Waals surface area contributed by atoms with Gasteiger partial charge in [-0.05, 0) is 23.6 Å². The van der Waals surface area contributed by atoms with Gasteiger partial charge in [0.2, 0.25) is 0 Å². The number of aryl methyl sites for hydroxylation is 1. The summed E-state index contributed by atoms with van der Waals surface area (Å²) in [5.41, 5.74) is -0.477. The molecule has 0 atom stereocenters. The first-order valence-corrected chi connectivity index (χ1v) is 9.60. The highest BCUT2D eigenvalue weighted by Gasteiger charge is 2.18. The number of carbonyl (C=O) groups excluding carboxylic acids is 2. The van der Waals surface area contributed by atoms with Crippen LogP contribution in [0, 0.1) is 10.1 Å². The summed E-state index contributed by atoms with van der Waals surface area (Å²) >= 11 is 7.05. The van der Waals surface area contributed by atoms with Crippen molar-refractivity contribution in [3.05, 3.63) is 61.4 Å². The third-order valence-corrected chi connectivity index (χ3v) is 4.75. The van der Waals surface area contributed by atoms with Crippen LogP contribution >= 0.6 is 22.9 Å². The number of thiophene rings is 1. The topological polar surface area (TPSA) is 147 Å². The van der Waals surface area contributed by atoms with Crippen LogP contribution in [0.5, 0.6) is 0 Å². The van der Waals surface area contributed by atoms with Crippen molar-refractivity contribution in [3.8, 4) is 10.8 Å². The summed E-state index contributed by atoms with van der Waals surface area (Å²) in [5, 5.41) is 19.2. The predicted molar refractivity (Wildman–Crippen MR) is 106 cm³/mol. The van der Waals surface area contributed by atoms with E-state index in [2.05, 4.69) is 10.4 Å². The number of hydrogen-bond donors (Lipinski definition) is 1. The van der Waals surface area contributed by atoms with E-state index in [0.29, 0.717) is 4.88 Å². The van der Waals surface area contributed by atoms with Crippen molar-refractivity contribution in [3.63, 3.8) is 0 Å². The molecule has 2 heterocycles. The van der Waals surface area contributed by atoms with Gasteiger partial charge in [-0.25, -0.2) is 4.79 Å². The van der Waals surface area contributed by atoms with Crippen LogP contribution in [0.1, 0.15) is 6.42 Å². The molecular formula is C17H13ClN4O7S. The van der Waals surface area contributed by atoms with Crippen molar-refractivity contribution in [1.29, 1.82) is 0 Å². The molecule has 3 rings (SSSR count). The molecule has 0 aliphatic heterocycles. The lowest BCUT2D eigenvalue weighted by atomic mass is 10.2. The normalized spacial score (nSPS) is 10.6. The molecule has 0 aliphatic carbocycles. The van der Waals surface area contributed by atoms with Gasteiger partial charge in [-0.1, -0.05) is 17.7 Å². The molecule has 3 aromatic rings. The molecule has 0 saturated carbocycles. The molecule has 0 fully saturated rings. The minimum absolute atomic E-state index is 0.0827. The van der Waals surface area contributed by atoms with Crippen molar-refractivity contribution >= 4 is 46.2 Å². The van der Waals surface area contributed by atoms with E-state index >= 15 is 0 Å². The zero-order chi connectivity index (χ0) is 21.7. The monoisotopic (exact) mass is 452 g/mol. The fourth-order valence-electron chi connectivity index (χ4n) is 2.31. The summed E-state index contributed by atoms with van der Waals surface area (Å²) in [6, 6.07) is 7.24. The molecule has 1 amide bonds. The maximum atomic E-state index is 11.9. The summed E-state index contributed by atoms with van der Waals surface area (Å²) in [5.74, 6) is -2.11. The van der Waals surface area contributed by atoms with E-state index in [4.69, 9.17) is 20.8 Å². The maximum absolute atomic E-state index is 11.9. The number of nitro groups is 1. The molecule has 0 bridgehead atoms. The first-order valence-electron chi connectivity index (χ1n) is 8.34. The number of nitrogens with one attached hydrogen (secondary N) is 1. The SMILES string of the molecule is O=C(COC(=O)CCn1nc(-c2cccs2)oc1=O)Nc1ccc(Cl)cc1[N+](=O)[O-]. The average Bonchev–Trinajstić information content (AvgIpc) is 3.35.